The van der Waals surface area contributed by atoms with Gasteiger partial charge < -0.3 is 34.1 Å². The first kappa shape index (κ1) is 24.6. The van der Waals surface area contributed by atoms with Crippen LogP contribution in [0.5, 0.6) is 17.2 Å². The minimum Gasteiger partial charge on any atom is -0.493 e. The van der Waals surface area contributed by atoms with E-state index in [1.807, 2.05) is 13.8 Å². The molecule has 1 saturated heterocycles. The Hall–Kier alpha value is -2.68. The van der Waals surface area contributed by atoms with Crippen LogP contribution >= 0.6 is 0 Å². The molecule has 0 unspecified atom stereocenters. The van der Waals surface area contributed by atoms with Crippen molar-refractivity contribution in [3.8, 4) is 17.2 Å². The van der Waals surface area contributed by atoms with Gasteiger partial charge in [0, 0.05) is 39.3 Å². The summed E-state index contributed by atoms with van der Waals surface area (Å²) in [4.78, 5) is 24.1. The molecule has 9 heteroatoms. The third kappa shape index (κ3) is 6.92. The number of hydrogen-bond donors (Lipinski definition) is 2. The summed E-state index contributed by atoms with van der Waals surface area (Å²) in [6, 6.07) is 5.30. The Kier molecular flexibility index (Phi) is 9.23. The highest BCUT2D eigenvalue weighted by Gasteiger charge is 2.41. The number of likely N-dealkylation sites (tertiary alicyclic amines) is 1. The Morgan fingerprint density at radius 2 is 1.87 bits per heavy atom. The number of ether oxygens (including phenoxy) is 4. The molecule has 31 heavy (non-hydrogen) atoms. The monoisotopic (exact) mass is 439 g/mol. The van der Waals surface area contributed by atoms with Crippen LogP contribution in [0.4, 0.5) is 4.79 Å². The minimum atomic E-state index is -1.10. The summed E-state index contributed by atoms with van der Waals surface area (Å²) in [5.74, 6) is -0.208. The number of hydrogen-bond acceptors (Lipinski definition) is 6. The molecule has 1 amide bonds. The van der Waals surface area contributed by atoms with Crippen molar-refractivity contribution in [1.29, 1.82) is 0 Å². The Morgan fingerprint density at radius 1 is 1.13 bits per heavy atom. The lowest BCUT2D eigenvalue weighted by atomic mass is 9.87. The van der Waals surface area contributed by atoms with Gasteiger partial charge in [0.15, 0.2) is 11.5 Å². The highest BCUT2D eigenvalue weighted by molar-refractivity contribution is 5.73. The molecule has 2 N–H and O–H groups in total. The smallest absolute Gasteiger partial charge is 0.407 e. The van der Waals surface area contributed by atoms with E-state index in [1.54, 1.807) is 32.4 Å². The van der Waals surface area contributed by atoms with E-state index in [0.717, 1.165) is 6.42 Å². The minimum absolute atomic E-state index is 0.00213. The molecule has 9 nitrogen and oxygen atoms in total. The molecule has 1 aliphatic heterocycles. The van der Waals surface area contributed by atoms with Gasteiger partial charge in [0.1, 0.15) is 11.9 Å². The van der Waals surface area contributed by atoms with Gasteiger partial charge in [0.2, 0.25) is 0 Å². The molecule has 174 valence electrons. The Bertz CT molecular complexity index is 738. The van der Waals surface area contributed by atoms with E-state index in [-0.39, 0.29) is 31.0 Å². The zero-order valence-corrected chi connectivity index (χ0v) is 18.6. The predicted octanol–water partition coefficient (Wildman–Crippen LogP) is 3.21. The first-order valence-corrected chi connectivity index (χ1v) is 10.4. The summed E-state index contributed by atoms with van der Waals surface area (Å²) >= 11 is 0. The number of amides is 1. The third-order valence-corrected chi connectivity index (χ3v) is 5.48. The summed E-state index contributed by atoms with van der Waals surface area (Å²) in [6.45, 7) is 5.24. The molecule has 0 bridgehead atoms. The molecule has 2 rings (SSSR count). The van der Waals surface area contributed by atoms with Crippen LogP contribution in [0.15, 0.2) is 18.2 Å². The molecule has 1 aromatic rings. The van der Waals surface area contributed by atoms with E-state index in [2.05, 4.69) is 0 Å². The van der Waals surface area contributed by atoms with Crippen LogP contribution < -0.4 is 14.2 Å². The average Bonchev–Trinajstić information content (AvgIpc) is 3.15. The summed E-state index contributed by atoms with van der Waals surface area (Å²) in [7, 11) is 3.20. The quantitative estimate of drug-likeness (QED) is 0.477. The van der Waals surface area contributed by atoms with E-state index in [4.69, 9.17) is 18.9 Å². The number of rotatable bonds is 12. The zero-order valence-electron chi connectivity index (χ0n) is 18.6. The summed E-state index contributed by atoms with van der Waals surface area (Å²) < 4.78 is 22.4. The van der Waals surface area contributed by atoms with Crippen LogP contribution in [0.25, 0.3) is 0 Å². The maximum absolute atomic E-state index is 11.7. The fraction of sp³-hybridized carbons (Fsp3) is 0.636. The van der Waals surface area contributed by atoms with Gasteiger partial charge in [0.05, 0.1) is 19.6 Å². The third-order valence-electron chi connectivity index (χ3n) is 5.48. The van der Waals surface area contributed by atoms with Crippen LogP contribution in [0.3, 0.4) is 0 Å². The SMILES string of the molecule is COCCCOc1cc(O[C@@H](C[C@@H]2CN(C(=O)O)C[C@H]2C(=O)O)C(C)C)ccc1OC. The molecule has 1 aromatic carbocycles. The van der Waals surface area contributed by atoms with Crippen molar-refractivity contribution in [3.05, 3.63) is 18.2 Å². The van der Waals surface area contributed by atoms with Crippen molar-refractivity contribution in [2.24, 2.45) is 17.8 Å². The number of carbonyl (C=O) groups is 2. The number of methoxy groups -OCH3 is 2. The second-order valence-corrected chi connectivity index (χ2v) is 8.04. The maximum atomic E-state index is 11.7. The van der Waals surface area contributed by atoms with Gasteiger partial charge in [-0.05, 0) is 30.4 Å². The van der Waals surface area contributed by atoms with E-state index in [9.17, 15) is 19.8 Å². The lowest BCUT2D eigenvalue weighted by molar-refractivity contribution is -0.142. The van der Waals surface area contributed by atoms with Gasteiger partial charge in [-0.25, -0.2) is 4.79 Å². The first-order chi connectivity index (χ1) is 14.8. The van der Waals surface area contributed by atoms with Crippen LogP contribution in [0.2, 0.25) is 0 Å². The Morgan fingerprint density at radius 3 is 2.45 bits per heavy atom. The second kappa shape index (κ2) is 11.6. The molecule has 0 aliphatic carbocycles. The topological polar surface area (TPSA) is 115 Å². The van der Waals surface area contributed by atoms with Gasteiger partial charge >= 0.3 is 12.1 Å². The largest absolute Gasteiger partial charge is 0.493 e. The number of carboxylic acids is 1. The van der Waals surface area contributed by atoms with Crippen molar-refractivity contribution >= 4 is 12.1 Å². The van der Waals surface area contributed by atoms with Crippen molar-refractivity contribution in [2.45, 2.75) is 32.8 Å². The molecule has 1 fully saturated rings. The summed E-state index contributed by atoms with van der Waals surface area (Å²) in [5.41, 5.74) is 0. The lowest BCUT2D eigenvalue weighted by Crippen LogP contribution is -2.31. The normalized spacial score (nSPS) is 19.3. The Balaban J connectivity index is 2.11. The number of carboxylic acid groups (broad SMARTS) is 2. The molecule has 0 saturated carbocycles. The number of nitrogens with zero attached hydrogens (tertiary/aromatic N) is 1. The van der Waals surface area contributed by atoms with Crippen LogP contribution in [-0.2, 0) is 9.53 Å². The first-order valence-electron chi connectivity index (χ1n) is 10.4. The van der Waals surface area contributed by atoms with Gasteiger partial charge in [-0.1, -0.05) is 13.8 Å². The molecular formula is C22H33NO8. The molecule has 0 spiro atoms. The molecule has 0 aromatic heterocycles. The highest BCUT2D eigenvalue weighted by Crippen LogP contribution is 2.35. The van der Waals surface area contributed by atoms with Crippen molar-refractivity contribution in [3.63, 3.8) is 0 Å². The predicted molar refractivity (Wildman–Crippen MR) is 113 cm³/mol. The summed E-state index contributed by atoms with van der Waals surface area (Å²) in [6.07, 6.45) is -0.205. The van der Waals surface area contributed by atoms with E-state index < -0.39 is 18.0 Å². The maximum Gasteiger partial charge on any atom is 0.407 e. The molecule has 1 heterocycles. The highest BCUT2D eigenvalue weighted by atomic mass is 16.5. The van der Waals surface area contributed by atoms with Gasteiger partial charge in [-0.15, -0.1) is 0 Å². The molecule has 0 radical (unpaired) electrons. The van der Waals surface area contributed by atoms with Gasteiger partial charge in [-0.3, -0.25) is 4.79 Å². The van der Waals surface area contributed by atoms with E-state index in [1.165, 1.54) is 4.90 Å². The van der Waals surface area contributed by atoms with Crippen molar-refractivity contribution < 1.29 is 38.7 Å². The van der Waals surface area contributed by atoms with E-state index >= 15 is 0 Å². The van der Waals surface area contributed by atoms with Gasteiger partial charge in [0.25, 0.3) is 0 Å². The van der Waals surface area contributed by atoms with Crippen molar-refractivity contribution in [2.75, 3.05) is 40.5 Å². The fourth-order valence-corrected chi connectivity index (χ4v) is 3.70. The average molecular weight is 440 g/mol. The van der Waals surface area contributed by atoms with Gasteiger partial charge in [-0.2, -0.15) is 0 Å². The molecule has 1 aliphatic rings. The lowest BCUT2D eigenvalue weighted by Gasteiger charge is -2.27. The molecule has 3 atom stereocenters. The fourth-order valence-electron chi connectivity index (χ4n) is 3.70. The van der Waals surface area contributed by atoms with E-state index in [0.29, 0.717) is 36.9 Å². The van der Waals surface area contributed by atoms with Crippen LogP contribution in [0.1, 0.15) is 26.7 Å². The van der Waals surface area contributed by atoms with Crippen LogP contribution in [-0.4, -0.2) is 73.8 Å². The van der Waals surface area contributed by atoms with Crippen molar-refractivity contribution in [1.82, 2.24) is 4.90 Å². The van der Waals surface area contributed by atoms with Crippen LogP contribution in [0, 0.1) is 17.8 Å². The number of aliphatic carboxylic acids is 1. The number of benzene rings is 1. The zero-order chi connectivity index (χ0) is 23.0. The Labute approximate surface area is 182 Å². The standard InChI is InChI=1S/C22H33NO8/c1-14(2)19(10-15-12-23(22(26)27)13-17(15)21(24)25)31-16-6-7-18(29-4)20(11-16)30-9-5-8-28-3/h6-7,11,14-15,17,19H,5,8-10,12-13H2,1-4H3,(H,24,25)(H,26,27)/t15-,17-,19+/m1/s1. The summed E-state index contributed by atoms with van der Waals surface area (Å²) in [5, 5.41) is 18.8. The molecular weight excluding hydrogens is 406 g/mol. The second-order valence-electron chi connectivity index (χ2n) is 8.04.